The first-order chi connectivity index (χ1) is 7.18. The number of aliphatic hydroxyl groups excluding tert-OH is 1. The van der Waals surface area contributed by atoms with Gasteiger partial charge in [-0.15, -0.1) is 0 Å². The van der Waals surface area contributed by atoms with Gasteiger partial charge in [-0.2, -0.15) is 0 Å². The molecule has 0 aromatic carbocycles. The standard InChI is InChI=1S/C12H16O.C2H6/c1-9-10-4-5-11(8-10)12(9,2)6-3-7-13;1-2/h3-6,10-11,13H,1,7-8H2,2H3;1-2H3/b6-3+;/t10?,11?,12-;/m0./s1. The summed E-state index contributed by atoms with van der Waals surface area (Å²) in [5, 5.41) is 8.76. The summed E-state index contributed by atoms with van der Waals surface area (Å²) in [6, 6.07) is 0. The van der Waals surface area contributed by atoms with Gasteiger partial charge in [-0.25, -0.2) is 0 Å². The first-order valence-electron chi connectivity index (χ1n) is 5.84. The number of fused-ring (bicyclic) bond motifs is 2. The Kier molecular flexibility index (Phi) is 3.92. The van der Waals surface area contributed by atoms with E-state index < -0.39 is 0 Å². The van der Waals surface area contributed by atoms with Crippen molar-refractivity contribution in [3.8, 4) is 0 Å². The molecule has 0 aromatic rings. The number of aliphatic hydroxyl groups is 1. The molecule has 2 aliphatic rings. The first-order valence-corrected chi connectivity index (χ1v) is 5.84. The highest BCUT2D eigenvalue weighted by Gasteiger charge is 2.46. The maximum absolute atomic E-state index is 8.76. The van der Waals surface area contributed by atoms with Gasteiger partial charge in [-0.05, 0) is 18.3 Å². The average Bonchev–Trinajstić information content (AvgIpc) is 2.83. The van der Waals surface area contributed by atoms with E-state index in [1.54, 1.807) is 0 Å². The summed E-state index contributed by atoms with van der Waals surface area (Å²) >= 11 is 0. The van der Waals surface area contributed by atoms with Crippen molar-refractivity contribution in [2.24, 2.45) is 17.3 Å². The van der Waals surface area contributed by atoms with Crippen molar-refractivity contribution in [2.45, 2.75) is 27.2 Å². The van der Waals surface area contributed by atoms with E-state index >= 15 is 0 Å². The summed E-state index contributed by atoms with van der Waals surface area (Å²) in [5.41, 5.74) is 1.41. The largest absolute Gasteiger partial charge is 0.392 e. The lowest BCUT2D eigenvalue weighted by molar-refractivity contribution is 0.338. The molecular formula is C14H22O. The van der Waals surface area contributed by atoms with Crippen LogP contribution in [0.15, 0.2) is 36.5 Å². The highest BCUT2D eigenvalue weighted by atomic mass is 16.2. The Labute approximate surface area is 93.2 Å². The predicted molar refractivity (Wildman–Crippen MR) is 65.6 cm³/mol. The van der Waals surface area contributed by atoms with Crippen LogP contribution in [0.4, 0.5) is 0 Å². The van der Waals surface area contributed by atoms with Crippen LogP contribution in [0.2, 0.25) is 0 Å². The topological polar surface area (TPSA) is 20.2 Å². The van der Waals surface area contributed by atoms with E-state index in [9.17, 15) is 0 Å². The molecule has 0 amide bonds. The van der Waals surface area contributed by atoms with Gasteiger partial charge in [0.1, 0.15) is 0 Å². The van der Waals surface area contributed by atoms with Crippen molar-refractivity contribution in [1.29, 1.82) is 0 Å². The maximum atomic E-state index is 8.76. The zero-order chi connectivity index (χ0) is 11.5. The molecule has 3 atom stereocenters. The smallest absolute Gasteiger partial charge is 0.0612 e. The summed E-state index contributed by atoms with van der Waals surface area (Å²) in [4.78, 5) is 0. The van der Waals surface area contributed by atoms with Crippen molar-refractivity contribution in [2.75, 3.05) is 6.61 Å². The van der Waals surface area contributed by atoms with Crippen LogP contribution in [-0.4, -0.2) is 11.7 Å². The molecule has 1 saturated carbocycles. The van der Waals surface area contributed by atoms with Crippen LogP contribution in [0.3, 0.4) is 0 Å². The van der Waals surface area contributed by atoms with E-state index in [1.807, 2.05) is 19.9 Å². The molecule has 0 aliphatic heterocycles. The monoisotopic (exact) mass is 206 g/mol. The molecule has 2 aliphatic carbocycles. The van der Waals surface area contributed by atoms with Crippen LogP contribution < -0.4 is 0 Å². The van der Waals surface area contributed by atoms with Gasteiger partial charge in [0.2, 0.25) is 0 Å². The van der Waals surface area contributed by atoms with Crippen LogP contribution in [0.25, 0.3) is 0 Å². The fraction of sp³-hybridized carbons (Fsp3) is 0.571. The van der Waals surface area contributed by atoms with Crippen molar-refractivity contribution in [3.63, 3.8) is 0 Å². The van der Waals surface area contributed by atoms with E-state index in [1.165, 1.54) is 12.0 Å². The summed E-state index contributed by atoms with van der Waals surface area (Å²) in [7, 11) is 0. The third kappa shape index (κ3) is 1.93. The fourth-order valence-corrected chi connectivity index (χ4v) is 2.57. The quantitative estimate of drug-likeness (QED) is 0.687. The van der Waals surface area contributed by atoms with E-state index in [0.717, 1.165) is 0 Å². The van der Waals surface area contributed by atoms with Gasteiger partial charge in [0.05, 0.1) is 6.61 Å². The summed E-state index contributed by atoms with van der Waals surface area (Å²) in [6.07, 6.45) is 9.72. The van der Waals surface area contributed by atoms with Crippen LogP contribution >= 0.6 is 0 Å². The Bertz CT molecular complexity index is 288. The Hall–Kier alpha value is -0.820. The number of hydrogen-bond acceptors (Lipinski definition) is 1. The van der Waals surface area contributed by atoms with Gasteiger partial charge in [0, 0.05) is 5.41 Å². The average molecular weight is 206 g/mol. The molecule has 1 heteroatoms. The summed E-state index contributed by atoms with van der Waals surface area (Å²) in [6.45, 7) is 10.5. The zero-order valence-corrected chi connectivity index (χ0v) is 10.0. The van der Waals surface area contributed by atoms with E-state index in [0.29, 0.717) is 11.8 Å². The highest BCUT2D eigenvalue weighted by molar-refractivity contribution is 5.37. The number of allylic oxidation sites excluding steroid dienone is 4. The molecule has 0 saturated heterocycles. The van der Waals surface area contributed by atoms with Crippen molar-refractivity contribution in [1.82, 2.24) is 0 Å². The Balaban J connectivity index is 0.000000531. The second-order valence-corrected chi connectivity index (χ2v) is 4.23. The van der Waals surface area contributed by atoms with E-state index in [2.05, 4.69) is 31.7 Å². The Morgan fingerprint density at radius 3 is 2.67 bits per heavy atom. The van der Waals surface area contributed by atoms with Crippen molar-refractivity contribution >= 4 is 0 Å². The fourth-order valence-electron chi connectivity index (χ4n) is 2.57. The molecule has 0 spiro atoms. The second kappa shape index (κ2) is 4.80. The molecule has 2 rings (SSSR count). The molecule has 0 aromatic heterocycles. The lowest BCUT2D eigenvalue weighted by Crippen LogP contribution is -2.21. The second-order valence-electron chi connectivity index (χ2n) is 4.23. The van der Waals surface area contributed by atoms with E-state index in [-0.39, 0.29) is 12.0 Å². The van der Waals surface area contributed by atoms with Gasteiger partial charge in [-0.3, -0.25) is 0 Å². The SMILES string of the molecule is C=C1C2C=CC(C2)[C@@]1(C)/C=C/CO.CC. The molecule has 1 fully saturated rings. The molecule has 2 unspecified atom stereocenters. The minimum atomic E-state index is 0.0994. The molecule has 1 N–H and O–H groups in total. The third-order valence-electron chi connectivity index (χ3n) is 3.56. The van der Waals surface area contributed by atoms with Gasteiger partial charge in [0.25, 0.3) is 0 Å². The van der Waals surface area contributed by atoms with Crippen molar-refractivity contribution < 1.29 is 5.11 Å². The molecule has 84 valence electrons. The molecule has 15 heavy (non-hydrogen) atoms. The predicted octanol–water partition coefficient (Wildman–Crippen LogP) is 3.33. The Morgan fingerprint density at radius 2 is 2.20 bits per heavy atom. The van der Waals surface area contributed by atoms with Crippen LogP contribution in [0.5, 0.6) is 0 Å². The molecule has 2 bridgehead atoms. The maximum Gasteiger partial charge on any atom is 0.0612 e. The number of hydrogen-bond donors (Lipinski definition) is 1. The van der Waals surface area contributed by atoms with E-state index in [4.69, 9.17) is 5.11 Å². The molecule has 0 radical (unpaired) electrons. The zero-order valence-electron chi connectivity index (χ0n) is 10.0. The number of rotatable bonds is 2. The minimum Gasteiger partial charge on any atom is -0.392 e. The first kappa shape index (κ1) is 12.3. The highest BCUT2D eigenvalue weighted by Crippen LogP contribution is 2.55. The molecule has 0 heterocycles. The van der Waals surface area contributed by atoms with Crippen LogP contribution in [0, 0.1) is 17.3 Å². The lowest BCUT2D eigenvalue weighted by atomic mass is 9.74. The van der Waals surface area contributed by atoms with Crippen molar-refractivity contribution in [3.05, 3.63) is 36.5 Å². The van der Waals surface area contributed by atoms with Crippen LogP contribution in [0.1, 0.15) is 27.2 Å². The normalized spacial score (nSPS) is 37.2. The van der Waals surface area contributed by atoms with Gasteiger partial charge >= 0.3 is 0 Å². The summed E-state index contributed by atoms with van der Waals surface area (Å²) < 4.78 is 0. The lowest BCUT2D eigenvalue weighted by Gasteiger charge is -2.30. The summed E-state index contributed by atoms with van der Waals surface area (Å²) in [5.74, 6) is 1.19. The third-order valence-corrected chi connectivity index (χ3v) is 3.56. The van der Waals surface area contributed by atoms with Crippen LogP contribution in [-0.2, 0) is 0 Å². The molecule has 1 nitrogen and oxygen atoms in total. The molecular weight excluding hydrogens is 184 g/mol. The van der Waals surface area contributed by atoms with Gasteiger partial charge in [0.15, 0.2) is 0 Å². The minimum absolute atomic E-state index is 0.0994. The van der Waals surface area contributed by atoms with Gasteiger partial charge in [-0.1, -0.05) is 57.2 Å². The van der Waals surface area contributed by atoms with Gasteiger partial charge < -0.3 is 5.11 Å². The Morgan fingerprint density at radius 1 is 1.53 bits per heavy atom.